The van der Waals surface area contributed by atoms with Crippen molar-refractivity contribution in [2.24, 2.45) is 0 Å². The van der Waals surface area contributed by atoms with E-state index in [2.05, 4.69) is 52.4 Å². The zero-order valence-electron chi connectivity index (χ0n) is 16.6. The number of nitrogens with one attached hydrogen (secondary N) is 1. The number of hydrogen-bond donors (Lipinski definition) is 1. The molecule has 3 aromatic rings. The number of para-hydroxylation sites is 1. The van der Waals surface area contributed by atoms with Crippen LogP contribution >= 0.6 is 0 Å². The predicted octanol–water partition coefficient (Wildman–Crippen LogP) is 5.02. The van der Waals surface area contributed by atoms with E-state index in [-0.39, 0.29) is 18.2 Å². The Hall–Kier alpha value is -2.92. The minimum atomic E-state index is -0.349. The van der Waals surface area contributed by atoms with Crippen molar-refractivity contribution in [2.75, 3.05) is 19.6 Å². The molecule has 4 nitrogen and oxygen atoms in total. The van der Waals surface area contributed by atoms with Crippen LogP contribution in [0.25, 0.3) is 6.08 Å². The molecule has 5 heteroatoms. The van der Waals surface area contributed by atoms with Crippen molar-refractivity contribution in [1.29, 1.82) is 0 Å². The molecule has 1 aliphatic heterocycles. The smallest absolute Gasteiger partial charge is 0.165 e. The molecule has 29 heavy (non-hydrogen) atoms. The second kappa shape index (κ2) is 9.05. The Morgan fingerprint density at radius 3 is 2.83 bits per heavy atom. The Morgan fingerprint density at radius 1 is 1.21 bits per heavy atom. The average Bonchev–Trinajstić information content (AvgIpc) is 3.37. The molecule has 1 atom stereocenters. The minimum absolute atomic E-state index is 0.261. The van der Waals surface area contributed by atoms with Crippen molar-refractivity contribution >= 4 is 6.08 Å². The quantitative estimate of drug-likeness (QED) is 0.615. The lowest BCUT2D eigenvalue weighted by Crippen LogP contribution is -2.22. The molecule has 1 fully saturated rings. The highest BCUT2D eigenvalue weighted by atomic mass is 19.1. The lowest BCUT2D eigenvalue weighted by Gasteiger charge is -2.16. The summed E-state index contributed by atoms with van der Waals surface area (Å²) in [7, 11) is 0. The maximum atomic E-state index is 13.7. The van der Waals surface area contributed by atoms with Gasteiger partial charge in [-0.25, -0.2) is 4.39 Å². The van der Waals surface area contributed by atoms with Crippen LogP contribution in [0.5, 0.6) is 5.75 Å². The van der Waals surface area contributed by atoms with Crippen molar-refractivity contribution in [2.45, 2.75) is 25.9 Å². The van der Waals surface area contributed by atoms with Crippen LogP contribution in [0.4, 0.5) is 4.39 Å². The molecule has 0 amide bonds. The number of aromatic amines is 1. The van der Waals surface area contributed by atoms with Gasteiger partial charge in [0.1, 0.15) is 6.61 Å². The Kier molecular flexibility index (Phi) is 6.06. The first-order valence-electron chi connectivity index (χ1n) is 10.0. The topological polar surface area (TPSA) is 41.1 Å². The van der Waals surface area contributed by atoms with Gasteiger partial charge >= 0.3 is 0 Å². The molecular weight excluding hydrogens is 365 g/mol. The van der Waals surface area contributed by atoms with Crippen LogP contribution in [0.15, 0.2) is 66.2 Å². The van der Waals surface area contributed by atoms with E-state index >= 15 is 0 Å². The van der Waals surface area contributed by atoms with Gasteiger partial charge in [-0.2, -0.15) is 5.10 Å². The zero-order valence-corrected chi connectivity index (χ0v) is 16.6. The molecule has 1 aliphatic rings. The second-order valence-corrected chi connectivity index (χ2v) is 7.66. The van der Waals surface area contributed by atoms with E-state index in [1.807, 2.05) is 12.1 Å². The van der Waals surface area contributed by atoms with Crippen molar-refractivity contribution in [3.05, 3.63) is 89.0 Å². The molecule has 2 heterocycles. The zero-order chi connectivity index (χ0) is 20.1. The van der Waals surface area contributed by atoms with Gasteiger partial charge in [0, 0.05) is 19.0 Å². The third-order valence-electron chi connectivity index (χ3n) is 5.25. The maximum Gasteiger partial charge on any atom is 0.165 e. The van der Waals surface area contributed by atoms with Gasteiger partial charge in [-0.15, -0.1) is 0 Å². The molecule has 1 unspecified atom stereocenters. The molecule has 1 N–H and O–H groups in total. The highest BCUT2D eigenvalue weighted by Gasteiger charge is 2.25. The number of nitrogens with zero attached hydrogens (tertiary/aromatic N) is 2. The first-order chi connectivity index (χ1) is 14.2. The van der Waals surface area contributed by atoms with Crippen LogP contribution < -0.4 is 4.74 Å². The summed E-state index contributed by atoms with van der Waals surface area (Å²) in [5.41, 5.74) is 4.52. The Balaban J connectivity index is 1.30. The molecular formula is C24H26FN3O. The number of aromatic nitrogens is 2. The molecule has 0 bridgehead atoms. The van der Waals surface area contributed by atoms with E-state index in [0.717, 1.165) is 37.4 Å². The normalized spacial score (nSPS) is 17.6. The standard InChI is InChI=1S/C24H26FN3O/c1-18(13-19-7-3-2-4-8-19)15-28-12-11-20(16-28)23-14-21(26-27-23)17-29-24-10-6-5-9-22(24)25/h2-10,13-14,20H,11-12,15-17H2,1H3,(H,26,27)/b18-13+. The lowest BCUT2D eigenvalue weighted by atomic mass is 10.1. The average molecular weight is 391 g/mol. The molecule has 4 rings (SSSR count). The van der Waals surface area contributed by atoms with Gasteiger partial charge in [0.05, 0.1) is 11.4 Å². The van der Waals surface area contributed by atoms with Gasteiger partial charge in [-0.3, -0.25) is 10.00 Å². The highest BCUT2D eigenvalue weighted by Crippen LogP contribution is 2.27. The number of rotatable bonds is 7. The molecule has 150 valence electrons. The number of likely N-dealkylation sites (tertiary alicyclic amines) is 1. The van der Waals surface area contributed by atoms with E-state index in [1.165, 1.54) is 17.2 Å². The molecule has 2 aromatic carbocycles. The monoisotopic (exact) mass is 391 g/mol. The SMILES string of the molecule is C/C(=C\c1ccccc1)CN1CCC(c2cc(COc3ccccc3F)[nH]n2)C1. The van der Waals surface area contributed by atoms with E-state index in [0.29, 0.717) is 5.92 Å². The van der Waals surface area contributed by atoms with Crippen LogP contribution in [0.2, 0.25) is 0 Å². The first kappa shape index (κ1) is 19.4. The van der Waals surface area contributed by atoms with E-state index in [1.54, 1.807) is 18.2 Å². The van der Waals surface area contributed by atoms with Crippen molar-refractivity contribution < 1.29 is 9.13 Å². The highest BCUT2D eigenvalue weighted by molar-refractivity contribution is 5.52. The van der Waals surface area contributed by atoms with Gasteiger partial charge in [0.25, 0.3) is 0 Å². The van der Waals surface area contributed by atoms with E-state index in [9.17, 15) is 4.39 Å². The Labute approximate surface area is 171 Å². The van der Waals surface area contributed by atoms with E-state index in [4.69, 9.17) is 4.74 Å². The van der Waals surface area contributed by atoms with Crippen LogP contribution in [-0.4, -0.2) is 34.7 Å². The largest absolute Gasteiger partial charge is 0.484 e. The summed E-state index contributed by atoms with van der Waals surface area (Å²) in [5, 5.41) is 7.51. The summed E-state index contributed by atoms with van der Waals surface area (Å²) in [4.78, 5) is 2.48. The third kappa shape index (κ3) is 5.12. The predicted molar refractivity (Wildman–Crippen MR) is 113 cm³/mol. The molecule has 0 radical (unpaired) electrons. The van der Waals surface area contributed by atoms with Crippen molar-refractivity contribution in [3.8, 4) is 5.75 Å². The second-order valence-electron chi connectivity index (χ2n) is 7.66. The molecule has 0 spiro atoms. The number of hydrogen-bond acceptors (Lipinski definition) is 3. The number of ether oxygens (including phenoxy) is 1. The first-order valence-corrected chi connectivity index (χ1v) is 10.0. The fourth-order valence-corrected chi connectivity index (χ4v) is 3.83. The number of H-pyrrole nitrogens is 1. The van der Waals surface area contributed by atoms with Crippen LogP contribution in [0, 0.1) is 5.82 Å². The molecule has 0 aliphatic carbocycles. The van der Waals surface area contributed by atoms with Gasteiger partial charge in [0.15, 0.2) is 11.6 Å². The number of benzene rings is 2. The van der Waals surface area contributed by atoms with E-state index < -0.39 is 0 Å². The summed E-state index contributed by atoms with van der Waals surface area (Å²) < 4.78 is 19.2. The molecule has 1 saturated heterocycles. The van der Waals surface area contributed by atoms with Gasteiger partial charge in [-0.1, -0.05) is 54.1 Å². The summed E-state index contributed by atoms with van der Waals surface area (Å²) in [6.07, 6.45) is 3.34. The summed E-state index contributed by atoms with van der Waals surface area (Å²) in [6, 6.07) is 18.9. The van der Waals surface area contributed by atoms with Crippen LogP contribution in [0.1, 0.15) is 36.2 Å². The summed E-state index contributed by atoms with van der Waals surface area (Å²) >= 11 is 0. The lowest BCUT2D eigenvalue weighted by molar-refractivity contribution is 0.286. The summed E-state index contributed by atoms with van der Waals surface area (Å²) in [5.74, 6) is 0.326. The van der Waals surface area contributed by atoms with Crippen molar-refractivity contribution in [3.63, 3.8) is 0 Å². The van der Waals surface area contributed by atoms with Crippen LogP contribution in [0.3, 0.4) is 0 Å². The Bertz CT molecular complexity index is 967. The number of halogens is 1. The maximum absolute atomic E-state index is 13.7. The third-order valence-corrected chi connectivity index (χ3v) is 5.25. The van der Waals surface area contributed by atoms with Crippen molar-refractivity contribution in [1.82, 2.24) is 15.1 Å². The Morgan fingerprint density at radius 2 is 2.00 bits per heavy atom. The van der Waals surface area contributed by atoms with Gasteiger partial charge in [-0.05, 0) is 43.7 Å². The minimum Gasteiger partial charge on any atom is -0.484 e. The fraction of sp³-hybridized carbons (Fsp3) is 0.292. The van der Waals surface area contributed by atoms with Gasteiger partial charge in [0.2, 0.25) is 0 Å². The van der Waals surface area contributed by atoms with Gasteiger partial charge < -0.3 is 4.74 Å². The fourth-order valence-electron chi connectivity index (χ4n) is 3.83. The van der Waals surface area contributed by atoms with Crippen LogP contribution in [-0.2, 0) is 6.61 Å². The molecule has 1 aromatic heterocycles. The summed E-state index contributed by atoms with van der Waals surface area (Å²) in [6.45, 7) is 5.51. The molecule has 0 saturated carbocycles.